The monoisotopic (exact) mass is 461 g/mol. The second-order valence-electron chi connectivity index (χ2n) is 8.71. The number of thioether (sulfide) groups is 1. The highest BCUT2D eigenvalue weighted by molar-refractivity contribution is 8.01. The summed E-state index contributed by atoms with van der Waals surface area (Å²) >= 11 is 1.31. The Kier molecular flexibility index (Phi) is 6.22. The molecule has 7 heteroatoms. The lowest BCUT2D eigenvalue weighted by Crippen LogP contribution is -2.50. The molecule has 2 aromatic rings. The number of carbonyl (C=O) groups is 3. The normalized spacial score (nSPS) is 21.2. The van der Waals surface area contributed by atoms with Gasteiger partial charge in [0.05, 0.1) is 5.69 Å². The van der Waals surface area contributed by atoms with Gasteiger partial charge in [0.25, 0.3) is 0 Å². The Bertz CT molecular complexity index is 1090. The highest BCUT2D eigenvalue weighted by Gasteiger charge is 2.38. The molecule has 6 nitrogen and oxygen atoms in total. The zero-order valence-corrected chi connectivity index (χ0v) is 19.2. The summed E-state index contributed by atoms with van der Waals surface area (Å²) in [5, 5.41) is 2.07. The van der Waals surface area contributed by atoms with Crippen LogP contribution in [0.1, 0.15) is 24.8 Å². The van der Waals surface area contributed by atoms with Gasteiger partial charge in [-0.25, -0.2) is 0 Å². The molecular formula is C26H27N3O3S. The van der Waals surface area contributed by atoms with Gasteiger partial charge in [-0.3, -0.25) is 14.4 Å². The summed E-state index contributed by atoms with van der Waals surface area (Å²) in [5.41, 5.74) is 3.28. The highest BCUT2D eigenvalue weighted by atomic mass is 32.2. The Morgan fingerprint density at radius 3 is 2.33 bits per heavy atom. The maximum atomic E-state index is 13.1. The van der Waals surface area contributed by atoms with E-state index in [1.165, 1.54) is 22.9 Å². The Morgan fingerprint density at radius 1 is 0.879 bits per heavy atom. The van der Waals surface area contributed by atoms with Crippen LogP contribution >= 0.6 is 11.8 Å². The predicted molar refractivity (Wildman–Crippen MR) is 130 cm³/mol. The number of rotatable bonds is 3. The maximum absolute atomic E-state index is 13.1. The van der Waals surface area contributed by atoms with Gasteiger partial charge in [0.1, 0.15) is 0 Å². The van der Waals surface area contributed by atoms with Crippen LogP contribution in [-0.4, -0.2) is 59.0 Å². The fraction of sp³-hybridized carbons (Fsp3) is 0.346. The van der Waals surface area contributed by atoms with E-state index >= 15 is 0 Å². The quantitative estimate of drug-likeness (QED) is 0.709. The van der Waals surface area contributed by atoms with Crippen molar-refractivity contribution in [2.24, 2.45) is 5.92 Å². The van der Waals surface area contributed by atoms with E-state index in [1.54, 1.807) is 4.90 Å². The number of piperidine rings is 1. The van der Waals surface area contributed by atoms with Crippen molar-refractivity contribution in [3.63, 3.8) is 0 Å². The van der Waals surface area contributed by atoms with Gasteiger partial charge in [-0.2, -0.15) is 0 Å². The van der Waals surface area contributed by atoms with Gasteiger partial charge in [0, 0.05) is 37.0 Å². The van der Waals surface area contributed by atoms with Crippen LogP contribution in [0.4, 0.5) is 5.69 Å². The van der Waals surface area contributed by atoms with E-state index in [0.717, 1.165) is 23.5 Å². The molecule has 3 aliphatic rings. The lowest BCUT2D eigenvalue weighted by Gasteiger charge is -2.36. The van der Waals surface area contributed by atoms with Crippen molar-refractivity contribution in [2.45, 2.75) is 29.4 Å². The summed E-state index contributed by atoms with van der Waals surface area (Å²) in [4.78, 5) is 43.3. The van der Waals surface area contributed by atoms with Crippen LogP contribution in [-0.2, 0) is 14.4 Å². The average molecular weight is 462 g/mol. The third-order valence-corrected chi connectivity index (χ3v) is 7.93. The van der Waals surface area contributed by atoms with E-state index in [-0.39, 0.29) is 23.6 Å². The van der Waals surface area contributed by atoms with E-state index in [1.807, 2.05) is 47.4 Å². The predicted octanol–water partition coefficient (Wildman–Crippen LogP) is 3.65. The molecule has 3 aliphatic heterocycles. The SMILES string of the molecule is O=C1Nc2ccccc2S[C@@H]1C(=O)N1CCC(C(=O)N2CC=C(c3ccccc3)CC2)CC1. The summed E-state index contributed by atoms with van der Waals surface area (Å²) in [6, 6.07) is 17.8. The zero-order chi connectivity index (χ0) is 22.8. The Labute approximate surface area is 198 Å². The molecule has 0 bridgehead atoms. The molecule has 3 amide bonds. The van der Waals surface area contributed by atoms with Gasteiger partial charge < -0.3 is 15.1 Å². The van der Waals surface area contributed by atoms with E-state index in [0.29, 0.717) is 32.5 Å². The summed E-state index contributed by atoms with van der Waals surface area (Å²) < 4.78 is 0. The van der Waals surface area contributed by atoms with Crippen molar-refractivity contribution in [3.05, 3.63) is 66.2 Å². The van der Waals surface area contributed by atoms with Gasteiger partial charge in [-0.05, 0) is 42.5 Å². The smallest absolute Gasteiger partial charge is 0.247 e. The van der Waals surface area contributed by atoms with Crippen LogP contribution in [0.3, 0.4) is 0 Å². The van der Waals surface area contributed by atoms with Crippen LogP contribution in [0, 0.1) is 5.92 Å². The largest absolute Gasteiger partial charge is 0.341 e. The molecule has 1 fully saturated rings. The van der Waals surface area contributed by atoms with Crippen molar-refractivity contribution in [1.82, 2.24) is 9.80 Å². The minimum atomic E-state index is -0.768. The number of likely N-dealkylation sites (tertiary alicyclic amines) is 1. The Hall–Kier alpha value is -3.06. The minimum absolute atomic E-state index is 0.0608. The fourth-order valence-corrected chi connectivity index (χ4v) is 5.84. The van der Waals surface area contributed by atoms with Gasteiger partial charge in [-0.1, -0.05) is 48.5 Å². The molecule has 2 aromatic carbocycles. The number of carbonyl (C=O) groups excluding carboxylic acids is 3. The molecule has 0 radical (unpaired) electrons. The second-order valence-corrected chi connectivity index (χ2v) is 9.86. The molecule has 0 aliphatic carbocycles. The molecule has 170 valence electrons. The molecule has 1 atom stereocenters. The lowest BCUT2D eigenvalue weighted by molar-refractivity contribution is -0.141. The van der Waals surface area contributed by atoms with Crippen LogP contribution in [0.2, 0.25) is 0 Å². The molecule has 5 rings (SSSR count). The molecule has 0 aromatic heterocycles. The van der Waals surface area contributed by atoms with Crippen molar-refractivity contribution in [2.75, 3.05) is 31.5 Å². The summed E-state index contributed by atoms with van der Waals surface area (Å²) in [5.74, 6) is -0.305. The molecule has 3 heterocycles. The number of amides is 3. The third kappa shape index (κ3) is 4.55. The fourth-order valence-electron chi connectivity index (χ4n) is 4.77. The topological polar surface area (TPSA) is 69.7 Å². The maximum Gasteiger partial charge on any atom is 0.247 e. The number of anilines is 1. The summed E-state index contributed by atoms with van der Waals surface area (Å²) in [6.07, 6.45) is 4.31. The molecule has 1 saturated heterocycles. The first-order valence-corrected chi connectivity index (χ1v) is 12.4. The number of para-hydroxylation sites is 1. The van der Waals surface area contributed by atoms with Crippen LogP contribution in [0.25, 0.3) is 5.57 Å². The van der Waals surface area contributed by atoms with Gasteiger partial charge in [0.2, 0.25) is 17.7 Å². The average Bonchev–Trinajstić information content (AvgIpc) is 2.88. The first kappa shape index (κ1) is 21.8. The number of fused-ring (bicyclic) bond motifs is 1. The van der Waals surface area contributed by atoms with Crippen LogP contribution in [0.15, 0.2) is 65.6 Å². The summed E-state index contributed by atoms with van der Waals surface area (Å²) in [6.45, 7) is 2.40. The number of nitrogens with one attached hydrogen (secondary N) is 1. The van der Waals surface area contributed by atoms with Gasteiger partial charge >= 0.3 is 0 Å². The first-order chi connectivity index (χ1) is 16.1. The molecule has 0 saturated carbocycles. The van der Waals surface area contributed by atoms with Crippen LogP contribution < -0.4 is 5.32 Å². The standard InChI is InChI=1S/C26H27N3O3S/c30-24-23(33-22-9-5-4-8-21(22)27-24)26(32)29-16-12-20(13-17-29)25(31)28-14-10-19(11-15-28)18-6-2-1-3-7-18/h1-10,20,23H,11-17H2,(H,27,30)/t23-/m0/s1. The van der Waals surface area contributed by atoms with Crippen molar-refractivity contribution >= 4 is 40.7 Å². The highest BCUT2D eigenvalue weighted by Crippen LogP contribution is 2.36. The third-order valence-electron chi connectivity index (χ3n) is 6.67. The van der Waals surface area contributed by atoms with Gasteiger partial charge in [0.15, 0.2) is 5.25 Å². The number of nitrogens with zero attached hydrogens (tertiary/aromatic N) is 2. The van der Waals surface area contributed by atoms with Crippen LogP contribution in [0.5, 0.6) is 0 Å². The number of hydrogen-bond acceptors (Lipinski definition) is 4. The van der Waals surface area contributed by atoms with Crippen molar-refractivity contribution in [1.29, 1.82) is 0 Å². The van der Waals surface area contributed by atoms with E-state index in [2.05, 4.69) is 23.5 Å². The lowest BCUT2D eigenvalue weighted by atomic mass is 9.93. The molecule has 0 spiro atoms. The molecule has 0 unspecified atom stereocenters. The van der Waals surface area contributed by atoms with Crippen molar-refractivity contribution in [3.8, 4) is 0 Å². The van der Waals surface area contributed by atoms with E-state index in [4.69, 9.17) is 0 Å². The van der Waals surface area contributed by atoms with Gasteiger partial charge in [-0.15, -0.1) is 11.8 Å². The van der Waals surface area contributed by atoms with E-state index < -0.39 is 5.25 Å². The number of benzene rings is 2. The summed E-state index contributed by atoms with van der Waals surface area (Å²) in [7, 11) is 0. The number of hydrogen-bond donors (Lipinski definition) is 1. The second kappa shape index (κ2) is 9.43. The molecule has 1 N–H and O–H groups in total. The Balaban J connectivity index is 1.15. The first-order valence-electron chi connectivity index (χ1n) is 11.5. The Morgan fingerprint density at radius 2 is 1.61 bits per heavy atom. The zero-order valence-electron chi connectivity index (χ0n) is 18.4. The minimum Gasteiger partial charge on any atom is -0.341 e. The molecular weight excluding hydrogens is 434 g/mol. The molecule has 33 heavy (non-hydrogen) atoms. The van der Waals surface area contributed by atoms with E-state index in [9.17, 15) is 14.4 Å². The van der Waals surface area contributed by atoms with Crippen molar-refractivity contribution < 1.29 is 14.4 Å².